The Bertz CT molecular complexity index is 818. The summed E-state index contributed by atoms with van der Waals surface area (Å²) in [4.78, 5) is 37.7. The van der Waals surface area contributed by atoms with Crippen LogP contribution in [-0.2, 0) is 25.5 Å². The number of hydrogen-bond acceptors (Lipinski definition) is 4. The summed E-state index contributed by atoms with van der Waals surface area (Å²) >= 11 is 5.98. The number of amides is 2. The molecule has 132 valence electrons. The number of rotatable bonds is 3. The minimum absolute atomic E-state index is 0.0390. The number of halogens is 2. The summed E-state index contributed by atoms with van der Waals surface area (Å²) in [6, 6.07) is 2.28. The van der Waals surface area contributed by atoms with E-state index in [1.165, 1.54) is 13.2 Å². The summed E-state index contributed by atoms with van der Waals surface area (Å²) in [5, 5.41) is 0.0390. The highest BCUT2D eigenvalue weighted by Gasteiger charge is 2.42. The first-order valence-corrected chi connectivity index (χ1v) is 8.36. The maximum absolute atomic E-state index is 14.4. The second kappa shape index (κ2) is 6.59. The van der Waals surface area contributed by atoms with Crippen LogP contribution in [0.5, 0.6) is 0 Å². The standard InChI is InChI=1S/C18H17ClFNO4/c1-9-3-4-11-12(5-9)18(24)21(17(11)23)15-6-10(7-16(22)25-2)13(19)8-14(15)20/h6,8-9H,3-5,7H2,1-2H3. The lowest BCUT2D eigenvalue weighted by Crippen LogP contribution is -2.32. The Morgan fingerprint density at radius 3 is 2.68 bits per heavy atom. The molecule has 7 heteroatoms. The van der Waals surface area contributed by atoms with Crippen molar-refractivity contribution < 1.29 is 23.5 Å². The van der Waals surface area contributed by atoms with E-state index in [9.17, 15) is 18.8 Å². The van der Waals surface area contributed by atoms with Gasteiger partial charge in [0.15, 0.2) is 0 Å². The molecule has 3 rings (SSSR count). The molecule has 5 nitrogen and oxygen atoms in total. The Morgan fingerprint density at radius 2 is 2.00 bits per heavy atom. The van der Waals surface area contributed by atoms with Crippen LogP contribution in [0, 0.1) is 11.7 Å². The molecule has 0 saturated carbocycles. The molecule has 1 unspecified atom stereocenters. The van der Waals surface area contributed by atoms with Crippen molar-refractivity contribution in [1.82, 2.24) is 0 Å². The fourth-order valence-electron chi connectivity index (χ4n) is 3.26. The minimum atomic E-state index is -0.784. The molecule has 1 atom stereocenters. The predicted octanol–water partition coefficient (Wildman–Crippen LogP) is 3.18. The number of nitrogens with zero attached hydrogens (tertiary/aromatic N) is 1. The minimum Gasteiger partial charge on any atom is -0.469 e. The third-order valence-electron chi connectivity index (χ3n) is 4.65. The van der Waals surface area contributed by atoms with E-state index >= 15 is 0 Å². The highest BCUT2D eigenvalue weighted by Crippen LogP contribution is 2.39. The Hall–Kier alpha value is -2.21. The lowest BCUT2D eigenvalue weighted by molar-refractivity contribution is -0.139. The van der Waals surface area contributed by atoms with E-state index in [-0.39, 0.29) is 17.1 Å². The number of carbonyl (C=O) groups excluding carboxylic acids is 3. The Balaban J connectivity index is 2.00. The predicted molar refractivity (Wildman–Crippen MR) is 89.7 cm³/mol. The average Bonchev–Trinajstić information content (AvgIpc) is 2.81. The molecule has 0 bridgehead atoms. The van der Waals surface area contributed by atoms with E-state index in [1.54, 1.807) is 0 Å². The maximum atomic E-state index is 14.4. The van der Waals surface area contributed by atoms with Gasteiger partial charge in [-0.1, -0.05) is 18.5 Å². The normalized spacial score (nSPS) is 20.2. The number of anilines is 1. The van der Waals surface area contributed by atoms with Crippen LogP contribution in [0.15, 0.2) is 23.3 Å². The zero-order chi connectivity index (χ0) is 18.3. The number of esters is 1. The quantitative estimate of drug-likeness (QED) is 0.609. The van der Waals surface area contributed by atoms with Gasteiger partial charge in [-0.2, -0.15) is 0 Å². The molecule has 2 aliphatic rings. The number of imide groups is 1. The summed E-state index contributed by atoms with van der Waals surface area (Å²) < 4.78 is 19.0. The fourth-order valence-corrected chi connectivity index (χ4v) is 3.48. The number of methoxy groups -OCH3 is 1. The third kappa shape index (κ3) is 3.06. The molecule has 0 fully saturated rings. The molecule has 1 aliphatic carbocycles. The van der Waals surface area contributed by atoms with E-state index in [4.69, 9.17) is 11.6 Å². The van der Waals surface area contributed by atoms with Gasteiger partial charge in [-0.15, -0.1) is 0 Å². The topological polar surface area (TPSA) is 63.7 Å². The first-order chi connectivity index (χ1) is 11.8. The van der Waals surface area contributed by atoms with Crippen LogP contribution < -0.4 is 4.90 Å². The van der Waals surface area contributed by atoms with Crippen LogP contribution in [0.25, 0.3) is 0 Å². The SMILES string of the molecule is COC(=O)Cc1cc(N2C(=O)C3=C(CC(C)CC3)C2=O)c(F)cc1Cl. The summed E-state index contributed by atoms with van der Waals surface area (Å²) in [5.74, 6) is -2.01. The van der Waals surface area contributed by atoms with Gasteiger partial charge in [0.2, 0.25) is 0 Å². The summed E-state index contributed by atoms with van der Waals surface area (Å²) in [7, 11) is 1.23. The molecule has 0 saturated heterocycles. The maximum Gasteiger partial charge on any atom is 0.310 e. The van der Waals surface area contributed by atoms with Gasteiger partial charge in [0, 0.05) is 16.2 Å². The average molecular weight is 366 g/mol. The molecular formula is C18H17ClFNO4. The van der Waals surface area contributed by atoms with Crippen LogP contribution in [-0.4, -0.2) is 24.9 Å². The van der Waals surface area contributed by atoms with Gasteiger partial charge in [0.05, 0.1) is 19.2 Å². The zero-order valence-corrected chi connectivity index (χ0v) is 14.7. The summed E-state index contributed by atoms with van der Waals surface area (Å²) in [5.41, 5.74) is 1.05. The van der Waals surface area contributed by atoms with Gasteiger partial charge in [-0.05, 0) is 42.9 Å². The molecule has 1 aromatic carbocycles. The van der Waals surface area contributed by atoms with Crippen molar-refractivity contribution in [3.05, 3.63) is 39.7 Å². The van der Waals surface area contributed by atoms with Crippen LogP contribution in [0.3, 0.4) is 0 Å². The van der Waals surface area contributed by atoms with Crippen molar-refractivity contribution in [2.24, 2.45) is 5.92 Å². The molecule has 1 aromatic rings. The zero-order valence-electron chi connectivity index (χ0n) is 13.9. The van der Waals surface area contributed by atoms with Gasteiger partial charge in [-0.25, -0.2) is 9.29 Å². The lowest BCUT2D eigenvalue weighted by Gasteiger charge is -2.18. The molecule has 0 radical (unpaired) electrons. The van der Waals surface area contributed by atoms with Crippen molar-refractivity contribution in [3.63, 3.8) is 0 Å². The highest BCUT2D eigenvalue weighted by molar-refractivity contribution is 6.34. The fraction of sp³-hybridized carbons (Fsp3) is 0.389. The molecule has 0 aromatic heterocycles. The van der Waals surface area contributed by atoms with Gasteiger partial charge >= 0.3 is 5.97 Å². The first-order valence-electron chi connectivity index (χ1n) is 7.99. The van der Waals surface area contributed by atoms with Gasteiger partial charge < -0.3 is 4.74 Å². The molecule has 1 aliphatic heterocycles. The Labute approximate surface area is 149 Å². The number of hydrogen-bond donors (Lipinski definition) is 0. The number of carbonyl (C=O) groups is 3. The van der Waals surface area contributed by atoms with E-state index in [2.05, 4.69) is 4.74 Å². The molecule has 2 amide bonds. The van der Waals surface area contributed by atoms with Crippen molar-refractivity contribution in [3.8, 4) is 0 Å². The van der Waals surface area contributed by atoms with Crippen LogP contribution in [0.4, 0.5) is 10.1 Å². The number of benzene rings is 1. The molecular weight excluding hydrogens is 349 g/mol. The van der Waals surface area contributed by atoms with Crippen LogP contribution in [0.2, 0.25) is 5.02 Å². The van der Waals surface area contributed by atoms with E-state index in [0.29, 0.717) is 35.5 Å². The molecule has 25 heavy (non-hydrogen) atoms. The van der Waals surface area contributed by atoms with Crippen molar-refractivity contribution in [2.75, 3.05) is 12.0 Å². The van der Waals surface area contributed by atoms with E-state index < -0.39 is 23.6 Å². The first kappa shape index (κ1) is 17.6. The van der Waals surface area contributed by atoms with Gasteiger partial charge in [-0.3, -0.25) is 14.4 Å². The van der Waals surface area contributed by atoms with Crippen molar-refractivity contribution in [2.45, 2.75) is 32.6 Å². The second-order valence-electron chi connectivity index (χ2n) is 6.40. The molecule has 1 heterocycles. The smallest absolute Gasteiger partial charge is 0.310 e. The van der Waals surface area contributed by atoms with Gasteiger partial charge in [0.25, 0.3) is 11.8 Å². The molecule has 0 spiro atoms. The van der Waals surface area contributed by atoms with Crippen LogP contribution >= 0.6 is 11.6 Å². The third-order valence-corrected chi connectivity index (χ3v) is 5.00. The van der Waals surface area contributed by atoms with Crippen molar-refractivity contribution >= 4 is 35.1 Å². The Kier molecular flexibility index (Phi) is 4.64. The second-order valence-corrected chi connectivity index (χ2v) is 6.81. The summed E-state index contributed by atoms with van der Waals surface area (Å²) in [6.07, 6.45) is 1.67. The molecule has 0 N–H and O–H groups in total. The monoisotopic (exact) mass is 365 g/mol. The summed E-state index contributed by atoms with van der Waals surface area (Å²) in [6.45, 7) is 2.02. The van der Waals surface area contributed by atoms with Crippen LogP contribution in [0.1, 0.15) is 31.7 Å². The van der Waals surface area contributed by atoms with E-state index in [0.717, 1.165) is 17.4 Å². The van der Waals surface area contributed by atoms with Crippen molar-refractivity contribution in [1.29, 1.82) is 0 Å². The lowest BCUT2D eigenvalue weighted by atomic mass is 9.86. The highest BCUT2D eigenvalue weighted by atomic mass is 35.5. The van der Waals surface area contributed by atoms with E-state index in [1.807, 2.05) is 6.92 Å². The van der Waals surface area contributed by atoms with Gasteiger partial charge in [0.1, 0.15) is 5.82 Å². The number of ether oxygens (including phenoxy) is 1. The largest absolute Gasteiger partial charge is 0.469 e. The Morgan fingerprint density at radius 1 is 1.32 bits per heavy atom.